The molecule has 0 radical (unpaired) electrons. The van der Waals surface area contributed by atoms with Crippen LogP contribution < -0.4 is 20.3 Å². The molecule has 2 aromatic rings. The third-order valence-corrected chi connectivity index (χ3v) is 3.15. The summed E-state index contributed by atoms with van der Waals surface area (Å²) in [7, 11) is 2.95. The summed E-state index contributed by atoms with van der Waals surface area (Å²) in [6.45, 7) is 1.81. The Morgan fingerprint density at radius 2 is 1.91 bits per heavy atom. The molecular formula is C16H18N2O4. The summed E-state index contributed by atoms with van der Waals surface area (Å²) < 4.78 is 11.4. The van der Waals surface area contributed by atoms with E-state index in [2.05, 4.69) is 5.32 Å². The van der Waals surface area contributed by atoms with Gasteiger partial charge in [0.05, 0.1) is 19.9 Å². The molecule has 0 atom stereocenters. The second-order valence-corrected chi connectivity index (χ2v) is 4.76. The van der Waals surface area contributed by atoms with Crippen LogP contribution in [0.3, 0.4) is 0 Å². The Balaban J connectivity index is 2.18. The number of amides is 1. The van der Waals surface area contributed by atoms with E-state index in [0.29, 0.717) is 11.4 Å². The van der Waals surface area contributed by atoms with Gasteiger partial charge in [0.1, 0.15) is 12.3 Å². The quantitative estimate of drug-likeness (QED) is 0.914. The van der Waals surface area contributed by atoms with E-state index in [0.717, 1.165) is 5.56 Å². The Bertz CT molecular complexity index is 737. The zero-order valence-electron chi connectivity index (χ0n) is 12.8. The SMILES string of the molecule is COc1ccc(C)cc1NC(=O)Cn1cccc(OC)c1=O. The third kappa shape index (κ3) is 3.46. The van der Waals surface area contributed by atoms with Crippen molar-refractivity contribution in [2.45, 2.75) is 13.5 Å². The lowest BCUT2D eigenvalue weighted by atomic mass is 10.2. The van der Waals surface area contributed by atoms with E-state index in [1.807, 2.05) is 19.1 Å². The van der Waals surface area contributed by atoms with Crippen LogP contribution in [0.25, 0.3) is 0 Å². The number of carbonyl (C=O) groups is 1. The second kappa shape index (κ2) is 6.80. The summed E-state index contributed by atoms with van der Waals surface area (Å²) in [5.74, 6) is 0.444. The first kappa shape index (κ1) is 15.6. The van der Waals surface area contributed by atoms with Crippen LogP contribution in [0.15, 0.2) is 41.3 Å². The zero-order chi connectivity index (χ0) is 16.1. The van der Waals surface area contributed by atoms with Gasteiger partial charge in [-0.15, -0.1) is 0 Å². The molecule has 22 heavy (non-hydrogen) atoms. The number of methoxy groups -OCH3 is 2. The Hall–Kier alpha value is -2.76. The number of carbonyl (C=O) groups excluding carboxylic acids is 1. The minimum absolute atomic E-state index is 0.104. The number of rotatable bonds is 5. The van der Waals surface area contributed by atoms with Gasteiger partial charge in [0, 0.05) is 6.20 Å². The molecule has 0 saturated carbocycles. The highest BCUT2D eigenvalue weighted by atomic mass is 16.5. The van der Waals surface area contributed by atoms with Gasteiger partial charge in [0.25, 0.3) is 5.56 Å². The molecule has 2 rings (SSSR count). The summed E-state index contributed by atoms with van der Waals surface area (Å²) in [6.07, 6.45) is 1.54. The minimum Gasteiger partial charge on any atom is -0.495 e. The van der Waals surface area contributed by atoms with Crippen LogP contribution in [0.4, 0.5) is 5.69 Å². The van der Waals surface area contributed by atoms with Crippen LogP contribution in [-0.4, -0.2) is 24.7 Å². The maximum atomic E-state index is 12.1. The molecule has 0 aliphatic rings. The Morgan fingerprint density at radius 3 is 2.59 bits per heavy atom. The predicted octanol–water partition coefficient (Wildman–Crippen LogP) is 1.81. The Morgan fingerprint density at radius 1 is 1.18 bits per heavy atom. The second-order valence-electron chi connectivity index (χ2n) is 4.76. The molecule has 116 valence electrons. The van der Waals surface area contributed by atoms with Gasteiger partial charge in [-0.25, -0.2) is 0 Å². The van der Waals surface area contributed by atoms with Gasteiger partial charge in [-0.2, -0.15) is 0 Å². The van der Waals surface area contributed by atoms with Crippen LogP contribution in [0.5, 0.6) is 11.5 Å². The average Bonchev–Trinajstić information content (AvgIpc) is 2.49. The van der Waals surface area contributed by atoms with Crippen molar-refractivity contribution in [3.63, 3.8) is 0 Å². The van der Waals surface area contributed by atoms with Crippen molar-refractivity contribution in [3.8, 4) is 11.5 Å². The number of benzene rings is 1. The first-order valence-corrected chi connectivity index (χ1v) is 6.73. The molecule has 0 bridgehead atoms. The highest BCUT2D eigenvalue weighted by molar-refractivity contribution is 5.92. The van der Waals surface area contributed by atoms with Gasteiger partial charge >= 0.3 is 0 Å². The monoisotopic (exact) mass is 302 g/mol. The highest BCUT2D eigenvalue weighted by Gasteiger charge is 2.10. The smallest absolute Gasteiger partial charge is 0.293 e. The van der Waals surface area contributed by atoms with Crippen LogP contribution in [0.2, 0.25) is 0 Å². The third-order valence-electron chi connectivity index (χ3n) is 3.15. The topological polar surface area (TPSA) is 69.6 Å². The fourth-order valence-corrected chi connectivity index (χ4v) is 2.06. The summed E-state index contributed by atoms with van der Waals surface area (Å²) in [4.78, 5) is 24.1. The largest absolute Gasteiger partial charge is 0.495 e. The average molecular weight is 302 g/mol. The van der Waals surface area contributed by atoms with Gasteiger partial charge in [-0.3, -0.25) is 9.59 Å². The molecule has 0 aliphatic carbocycles. The lowest BCUT2D eigenvalue weighted by Crippen LogP contribution is -2.27. The van der Waals surface area contributed by atoms with Gasteiger partial charge in [0.2, 0.25) is 5.91 Å². The molecule has 0 aliphatic heterocycles. The first-order chi connectivity index (χ1) is 10.5. The molecule has 0 fully saturated rings. The number of nitrogens with zero attached hydrogens (tertiary/aromatic N) is 1. The molecule has 6 nitrogen and oxygen atoms in total. The first-order valence-electron chi connectivity index (χ1n) is 6.73. The summed E-state index contributed by atoms with van der Waals surface area (Å²) >= 11 is 0. The number of pyridine rings is 1. The lowest BCUT2D eigenvalue weighted by Gasteiger charge is -2.12. The molecule has 1 amide bonds. The van der Waals surface area contributed by atoms with Crippen molar-refractivity contribution in [3.05, 3.63) is 52.4 Å². The number of nitrogens with one attached hydrogen (secondary N) is 1. The van der Waals surface area contributed by atoms with Crippen LogP contribution in [0, 0.1) is 6.92 Å². The fourth-order valence-electron chi connectivity index (χ4n) is 2.06. The van der Waals surface area contributed by atoms with E-state index in [1.165, 1.54) is 25.0 Å². The molecule has 0 unspecified atom stereocenters. The molecule has 1 aromatic carbocycles. The van der Waals surface area contributed by atoms with Gasteiger partial charge in [-0.1, -0.05) is 6.07 Å². The lowest BCUT2D eigenvalue weighted by molar-refractivity contribution is -0.116. The van der Waals surface area contributed by atoms with Crippen molar-refractivity contribution >= 4 is 11.6 Å². The van der Waals surface area contributed by atoms with E-state index < -0.39 is 0 Å². The maximum Gasteiger partial charge on any atom is 0.293 e. The Labute approximate surface area is 128 Å². The van der Waals surface area contributed by atoms with E-state index in [9.17, 15) is 9.59 Å². The zero-order valence-corrected chi connectivity index (χ0v) is 12.8. The number of ether oxygens (including phenoxy) is 2. The van der Waals surface area contributed by atoms with Crippen molar-refractivity contribution < 1.29 is 14.3 Å². The van der Waals surface area contributed by atoms with Gasteiger partial charge in [-0.05, 0) is 36.8 Å². The van der Waals surface area contributed by atoms with Crippen molar-refractivity contribution in [1.82, 2.24) is 4.57 Å². The van der Waals surface area contributed by atoms with E-state index in [4.69, 9.17) is 9.47 Å². The van der Waals surface area contributed by atoms with Crippen LogP contribution in [0.1, 0.15) is 5.56 Å². The number of anilines is 1. The molecule has 1 N–H and O–H groups in total. The molecule has 1 aromatic heterocycles. The van der Waals surface area contributed by atoms with E-state index in [-0.39, 0.29) is 23.8 Å². The normalized spacial score (nSPS) is 10.1. The van der Waals surface area contributed by atoms with E-state index >= 15 is 0 Å². The maximum absolute atomic E-state index is 12.1. The number of aryl methyl sites for hydroxylation is 1. The van der Waals surface area contributed by atoms with Crippen molar-refractivity contribution in [2.24, 2.45) is 0 Å². The fraction of sp³-hybridized carbons (Fsp3) is 0.250. The van der Waals surface area contributed by atoms with Crippen molar-refractivity contribution in [2.75, 3.05) is 19.5 Å². The molecule has 0 saturated heterocycles. The summed E-state index contributed by atoms with van der Waals surface area (Å²) in [6, 6.07) is 8.69. The number of aromatic nitrogens is 1. The van der Waals surface area contributed by atoms with Crippen LogP contribution >= 0.6 is 0 Å². The Kier molecular flexibility index (Phi) is 4.83. The number of hydrogen-bond donors (Lipinski definition) is 1. The molecule has 1 heterocycles. The number of hydrogen-bond acceptors (Lipinski definition) is 4. The van der Waals surface area contributed by atoms with E-state index in [1.54, 1.807) is 18.2 Å². The molecule has 6 heteroatoms. The predicted molar refractivity (Wildman–Crippen MR) is 83.6 cm³/mol. The van der Waals surface area contributed by atoms with Gasteiger partial charge < -0.3 is 19.4 Å². The standard InChI is InChI=1S/C16H18N2O4/c1-11-6-7-13(21-2)12(9-11)17-15(19)10-18-8-4-5-14(22-3)16(18)20/h4-9H,10H2,1-3H3,(H,17,19). The molecule has 0 spiro atoms. The minimum atomic E-state index is -0.351. The molecular weight excluding hydrogens is 284 g/mol. The van der Waals surface area contributed by atoms with Gasteiger partial charge in [0.15, 0.2) is 5.75 Å². The summed E-state index contributed by atoms with van der Waals surface area (Å²) in [5.41, 5.74) is 1.22. The highest BCUT2D eigenvalue weighted by Crippen LogP contribution is 2.25. The van der Waals surface area contributed by atoms with Crippen LogP contribution in [-0.2, 0) is 11.3 Å². The summed E-state index contributed by atoms with van der Waals surface area (Å²) in [5, 5.41) is 2.75. The van der Waals surface area contributed by atoms with Crippen molar-refractivity contribution in [1.29, 1.82) is 0 Å².